The van der Waals surface area contributed by atoms with Crippen molar-refractivity contribution >= 4 is 63.3 Å². The van der Waals surface area contributed by atoms with Crippen LogP contribution < -0.4 is 0 Å². The first kappa shape index (κ1) is 19.0. The van der Waals surface area contributed by atoms with Crippen LogP contribution in [0.15, 0.2) is 84.9 Å². The molecule has 0 radical (unpaired) electrons. The van der Waals surface area contributed by atoms with E-state index < -0.39 is 0 Å². The summed E-state index contributed by atoms with van der Waals surface area (Å²) in [5.41, 5.74) is 7.04. The van der Waals surface area contributed by atoms with Gasteiger partial charge in [0.15, 0.2) is 0 Å². The fourth-order valence-corrected chi connectivity index (χ4v) is 7.64. The number of hydrogen-bond acceptors (Lipinski definition) is 3. The molecule has 0 aliphatic rings. The zero-order chi connectivity index (χ0) is 22.1. The van der Waals surface area contributed by atoms with Crippen molar-refractivity contribution in [2.45, 2.75) is 13.8 Å². The molecule has 4 heteroatoms. The molecule has 7 rings (SSSR count). The molecule has 158 valence electrons. The van der Waals surface area contributed by atoms with Gasteiger partial charge in [-0.05, 0) is 49.2 Å². The third-order valence-corrected chi connectivity index (χ3v) is 8.99. The predicted octanol–water partition coefficient (Wildman–Crippen LogP) is 8.89. The van der Waals surface area contributed by atoms with Gasteiger partial charge in [-0.1, -0.05) is 60.7 Å². The molecule has 3 heterocycles. The van der Waals surface area contributed by atoms with E-state index in [1.165, 1.54) is 46.4 Å². The van der Waals surface area contributed by atoms with Gasteiger partial charge < -0.3 is 0 Å². The number of aromatic nitrogens is 2. The van der Waals surface area contributed by atoms with Gasteiger partial charge in [0.05, 0.1) is 26.1 Å². The lowest BCUT2D eigenvalue weighted by molar-refractivity contribution is 1.06. The number of para-hydroxylation sites is 3. The van der Waals surface area contributed by atoms with E-state index in [-0.39, 0.29) is 0 Å². The van der Waals surface area contributed by atoms with Crippen LogP contribution in [0.2, 0.25) is 0 Å². The molecule has 0 amide bonds. The van der Waals surface area contributed by atoms with E-state index in [1.807, 2.05) is 22.7 Å². The molecule has 0 aliphatic carbocycles. The van der Waals surface area contributed by atoms with E-state index in [2.05, 4.69) is 103 Å². The lowest BCUT2D eigenvalue weighted by Gasteiger charge is -2.15. The van der Waals surface area contributed by atoms with Crippen molar-refractivity contribution < 1.29 is 0 Å². The second-order valence-corrected chi connectivity index (χ2v) is 10.7. The zero-order valence-corrected chi connectivity index (χ0v) is 19.9. The Kier molecular flexibility index (Phi) is 4.05. The van der Waals surface area contributed by atoms with Crippen LogP contribution in [-0.4, -0.2) is 9.55 Å². The number of thiophene rings is 2. The van der Waals surface area contributed by atoms with Crippen molar-refractivity contribution in [1.82, 2.24) is 9.55 Å². The van der Waals surface area contributed by atoms with E-state index in [0.29, 0.717) is 0 Å². The Morgan fingerprint density at radius 2 is 1.36 bits per heavy atom. The van der Waals surface area contributed by atoms with E-state index in [0.717, 1.165) is 22.4 Å². The minimum absolute atomic E-state index is 0.997. The van der Waals surface area contributed by atoms with Gasteiger partial charge in [0, 0.05) is 25.7 Å². The first-order chi connectivity index (χ1) is 16.2. The molecular weight excluding hydrogens is 440 g/mol. The highest BCUT2D eigenvalue weighted by atomic mass is 32.1. The highest BCUT2D eigenvalue weighted by molar-refractivity contribution is 7.36. The van der Waals surface area contributed by atoms with Crippen molar-refractivity contribution in [2.24, 2.45) is 0 Å². The maximum atomic E-state index is 5.11. The minimum Gasteiger partial charge on any atom is -0.292 e. The predicted molar refractivity (Wildman–Crippen MR) is 144 cm³/mol. The van der Waals surface area contributed by atoms with Crippen molar-refractivity contribution in [1.29, 1.82) is 0 Å². The van der Waals surface area contributed by atoms with Gasteiger partial charge in [-0.15, -0.1) is 22.7 Å². The lowest BCUT2D eigenvalue weighted by atomic mass is 10.1. The van der Waals surface area contributed by atoms with Crippen LogP contribution >= 0.6 is 22.7 Å². The van der Waals surface area contributed by atoms with Gasteiger partial charge in [-0.25, -0.2) is 4.98 Å². The first-order valence-electron chi connectivity index (χ1n) is 11.1. The Balaban J connectivity index is 1.52. The summed E-state index contributed by atoms with van der Waals surface area (Å²) < 4.78 is 7.81. The van der Waals surface area contributed by atoms with Gasteiger partial charge in [0.2, 0.25) is 0 Å². The Morgan fingerprint density at radius 1 is 0.667 bits per heavy atom. The third kappa shape index (κ3) is 2.74. The molecule has 0 fully saturated rings. The van der Waals surface area contributed by atoms with Crippen LogP contribution in [0.25, 0.3) is 57.7 Å². The Hall–Kier alpha value is -3.47. The molecule has 0 unspecified atom stereocenters. The number of aryl methyl sites for hydroxylation is 2. The normalized spacial score (nSPS) is 11.9. The van der Waals surface area contributed by atoms with Crippen LogP contribution in [0.3, 0.4) is 0 Å². The smallest absolute Gasteiger partial charge is 0.145 e. The maximum absolute atomic E-state index is 5.11. The number of rotatable bonds is 2. The standard InChI is InChI=1S/C29H20N2S2/c1-17-8-7-9-18(2)26(17)31-23-12-5-4-11-22(23)30-29(31)19-14-15-21-25(16-19)33-27-20-10-3-6-13-24(20)32-28(21)27/h3-16H,1-2H3. The van der Waals surface area contributed by atoms with E-state index >= 15 is 0 Å². The summed E-state index contributed by atoms with van der Waals surface area (Å²) in [4.78, 5) is 5.11. The molecule has 3 aromatic heterocycles. The SMILES string of the molecule is Cc1cccc(C)c1-n1c(-c2ccc3c(c2)sc2c4ccccc4sc32)nc2ccccc21. The molecule has 0 saturated heterocycles. The summed E-state index contributed by atoms with van der Waals surface area (Å²) in [6.07, 6.45) is 0. The Bertz CT molecular complexity index is 1830. The second kappa shape index (κ2) is 7.01. The first-order valence-corrected chi connectivity index (χ1v) is 12.7. The molecule has 2 nitrogen and oxygen atoms in total. The molecule has 0 aliphatic heterocycles. The number of nitrogens with zero attached hydrogens (tertiary/aromatic N) is 2. The quantitative estimate of drug-likeness (QED) is 0.252. The van der Waals surface area contributed by atoms with Crippen molar-refractivity contribution in [3.8, 4) is 17.1 Å². The van der Waals surface area contributed by atoms with Crippen LogP contribution in [0.5, 0.6) is 0 Å². The Morgan fingerprint density at radius 3 is 2.21 bits per heavy atom. The molecule has 33 heavy (non-hydrogen) atoms. The van der Waals surface area contributed by atoms with Gasteiger partial charge in [0.25, 0.3) is 0 Å². The van der Waals surface area contributed by atoms with E-state index in [4.69, 9.17) is 4.98 Å². The average molecular weight is 461 g/mol. The molecular formula is C29H20N2S2. The van der Waals surface area contributed by atoms with E-state index in [1.54, 1.807) is 0 Å². The summed E-state index contributed by atoms with van der Waals surface area (Å²) >= 11 is 3.79. The average Bonchev–Trinajstić information content (AvgIpc) is 3.49. The van der Waals surface area contributed by atoms with Gasteiger partial charge in [-0.2, -0.15) is 0 Å². The molecule has 0 saturated carbocycles. The summed E-state index contributed by atoms with van der Waals surface area (Å²) in [7, 11) is 0. The molecule has 7 aromatic rings. The van der Waals surface area contributed by atoms with Crippen molar-refractivity contribution in [3.05, 3.63) is 96.1 Å². The number of hydrogen-bond donors (Lipinski definition) is 0. The molecule has 4 aromatic carbocycles. The largest absolute Gasteiger partial charge is 0.292 e. The van der Waals surface area contributed by atoms with Crippen LogP contribution in [0.4, 0.5) is 0 Å². The molecule has 0 N–H and O–H groups in total. The molecule has 0 atom stereocenters. The zero-order valence-electron chi connectivity index (χ0n) is 18.3. The lowest BCUT2D eigenvalue weighted by Crippen LogP contribution is -2.02. The summed E-state index contributed by atoms with van der Waals surface area (Å²) in [5, 5.41) is 2.71. The Labute approximate surface area is 199 Å². The van der Waals surface area contributed by atoms with Gasteiger partial charge in [0.1, 0.15) is 5.82 Å². The second-order valence-electron chi connectivity index (χ2n) is 8.57. The monoisotopic (exact) mass is 460 g/mol. The highest BCUT2D eigenvalue weighted by Gasteiger charge is 2.19. The topological polar surface area (TPSA) is 17.8 Å². The fourth-order valence-electron chi connectivity index (χ4n) is 4.95. The third-order valence-electron chi connectivity index (χ3n) is 6.47. The van der Waals surface area contributed by atoms with Gasteiger partial charge >= 0.3 is 0 Å². The molecule has 0 bridgehead atoms. The summed E-state index contributed by atoms with van der Waals surface area (Å²) in [6, 6.07) is 30.5. The summed E-state index contributed by atoms with van der Waals surface area (Å²) in [5.74, 6) is 0.997. The highest BCUT2D eigenvalue weighted by Crippen LogP contribution is 2.45. The minimum atomic E-state index is 0.997. The van der Waals surface area contributed by atoms with Crippen LogP contribution in [0, 0.1) is 13.8 Å². The van der Waals surface area contributed by atoms with Crippen molar-refractivity contribution in [2.75, 3.05) is 0 Å². The van der Waals surface area contributed by atoms with Crippen LogP contribution in [0.1, 0.15) is 11.1 Å². The maximum Gasteiger partial charge on any atom is 0.145 e. The van der Waals surface area contributed by atoms with Gasteiger partial charge in [-0.3, -0.25) is 4.57 Å². The summed E-state index contributed by atoms with van der Waals surface area (Å²) in [6.45, 7) is 4.37. The fraction of sp³-hybridized carbons (Fsp3) is 0.0690. The molecule has 0 spiro atoms. The van der Waals surface area contributed by atoms with Crippen molar-refractivity contribution in [3.63, 3.8) is 0 Å². The number of fused-ring (bicyclic) bond motifs is 6. The van der Waals surface area contributed by atoms with Crippen LogP contribution in [-0.2, 0) is 0 Å². The van der Waals surface area contributed by atoms with E-state index in [9.17, 15) is 0 Å². The number of imidazole rings is 1. The number of benzene rings is 4.